The summed E-state index contributed by atoms with van der Waals surface area (Å²) < 4.78 is 25.3. The van der Waals surface area contributed by atoms with E-state index < -0.39 is 41.7 Å². The summed E-state index contributed by atoms with van der Waals surface area (Å²) in [6.45, 7) is 20.9. The molecule has 214 valence electrons. The van der Waals surface area contributed by atoms with Crippen LogP contribution in [0.25, 0.3) is 0 Å². The molecule has 0 bridgehead atoms. The maximum absolute atomic E-state index is 11.7. The molecule has 0 radical (unpaired) electrons. The van der Waals surface area contributed by atoms with Gasteiger partial charge in [0, 0.05) is 19.0 Å². The quantitative estimate of drug-likeness (QED) is 0.200. The van der Waals surface area contributed by atoms with Crippen molar-refractivity contribution in [2.24, 2.45) is 5.92 Å². The number of nitrogens with zero attached hydrogens (tertiary/aromatic N) is 2. The number of hydrogen-bond donors (Lipinski definition) is 2. The van der Waals surface area contributed by atoms with E-state index in [2.05, 4.69) is 30.2 Å². The molecule has 0 spiro atoms. The summed E-state index contributed by atoms with van der Waals surface area (Å²) in [7, 11) is 4.00. The van der Waals surface area contributed by atoms with Crippen molar-refractivity contribution in [3.05, 3.63) is 12.7 Å². The van der Waals surface area contributed by atoms with E-state index in [-0.39, 0.29) is 6.61 Å². The first-order valence-electron chi connectivity index (χ1n) is 14.0. The number of aliphatic hydroxyl groups is 2. The molecule has 1 aliphatic rings. The molecule has 0 aromatic carbocycles. The normalized spacial score (nSPS) is 25.6. The molecule has 0 aromatic rings. The minimum Gasteiger partial charge on any atom is -0.389 e. The highest BCUT2D eigenvalue weighted by Gasteiger charge is 2.55. The van der Waals surface area contributed by atoms with Crippen LogP contribution in [0.15, 0.2) is 12.7 Å². The highest BCUT2D eigenvalue weighted by Crippen LogP contribution is 2.41. The molecule has 2 N–H and O–H groups in total. The fourth-order valence-electron chi connectivity index (χ4n) is 5.02. The summed E-state index contributed by atoms with van der Waals surface area (Å²) >= 11 is 0. The van der Waals surface area contributed by atoms with Crippen LogP contribution in [0.4, 0.5) is 0 Å². The molecule has 0 amide bonds. The second-order valence-corrected chi connectivity index (χ2v) is 10.2. The van der Waals surface area contributed by atoms with Crippen molar-refractivity contribution in [1.29, 1.82) is 0 Å². The lowest BCUT2D eigenvalue weighted by atomic mass is 9.73. The van der Waals surface area contributed by atoms with Crippen molar-refractivity contribution in [3.63, 3.8) is 0 Å². The molecule has 1 aliphatic heterocycles. The van der Waals surface area contributed by atoms with Gasteiger partial charge in [-0.3, -0.25) is 0 Å². The molecule has 36 heavy (non-hydrogen) atoms. The monoisotopic (exact) mass is 516 g/mol. The summed E-state index contributed by atoms with van der Waals surface area (Å²) in [5, 5.41) is 23.3. The fourth-order valence-corrected chi connectivity index (χ4v) is 5.02. The predicted molar refractivity (Wildman–Crippen MR) is 145 cm³/mol. The molecular weight excluding hydrogens is 460 g/mol. The summed E-state index contributed by atoms with van der Waals surface area (Å²) in [5.41, 5.74) is -1.70. The van der Waals surface area contributed by atoms with Crippen LogP contribution in [0.2, 0.25) is 0 Å². The summed E-state index contributed by atoms with van der Waals surface area (Å²) in [6, 6.07) is 0. The lowest BCUT2D eigenvalue weighted by Gasteiger charge is -2.51. The van der Waals surface area contributed by atoms with E-state index in [1.165, 1.54) is 0 Å². The third-order valence-corrected chi connectivity index (χ3v) is 8.02. The first-order chi connectivity index (χ1) is 17.1. The summed E-state index contributed by atoms with van der Waals surface area (Å²) in [4.78, 5) is 4.34. The maximum atomic E-state index is 11.7. The number of ether oxygens (including phenoxy) is 4. The van der Waals surface area contributed by atoms with Crippen LogP contribution in [-0.4, -0.2) is 116 Å². The van der Waals surface area contributed by atoms with Crippen LogP contribution in [0.5, 0.6) is 0 Å². The highest BCUT2D eigenvalue weighted by molar-refractivity contribution is 5.02. The van der Waals surface area contributed by atoms with E-state index in [0.29, 0.717) is 38.9 Å². The van der Waals surface area contributed by atoms with Gasteiger partial charge in [-0.05, 0) is 52.9 Å². The molecular formula is C28H56N2O6. The smallest absolute Gasteiger partial charge is 0.187 e. The third kappa shape index (κ3) is 9.02. The number of hydrogen-bond acceptors (Lipinski definition) is 8. The van der Waals surface area contributed by atoms with Gasteiger partial charge >= 0.3 is 0 Å². The van der Waals surface area contributed by atoms with Crippen LogP contribution in [-0.2, 0) is 18.9 Å². The number of aliphatic hydroxyl groups excluding tert-OH is 1. The predicted octanol–water partition coefficient (Wildman–Crippen LogP) is 3.31. The van der Waals surface area contributed by atoms with Crippen LogP contribution in [0.1, 0.15) is 67.2 Å². The molecule has 5 atom stereocenters. The van der Waals surface area contributed by atoms with Gasteiger partial charge in [0.1, 0.15) is 6.10 Å². The van der Waals surface area contributed by atoms with Gasteiger partial charge in [-0.25, -0.2) is 0 Å². The maximum Gasteiger partial charge on any atom is 0.187 e. The zero-order chi connectivity index (χ0) is 27.4. The van der Waals surface area contributed by atoms with Crippen LogP contribution < -0.4 is 0 Å². The number of rotatable bonds is 19. The Morgan fingerprint density at radius 3 is 2.03 bits per heavy atom. The van der Waals surface area contributed by atoms with E-state index in [0.717, 1.165) is 26.2 Å². The average molecular weight is 517 g/mol. The average Bonchev–Trinajstić information content (AvgIpc) is 2.89. The van der Waals surface area contributed by atoms with Gasteiger partial charge in [-0.1, -0.05) is 47.6 Å². The van der Waals surface area contributed by atoms with E-state index in [9.17, 15) is 10.2 Å². The summed E-state index contributed by atoms with van der Waals surface area (Å²) in [6.07, 6.45) is 1.08. The Balaban J connectivity index is 3.32. The molecule has 0 aliphatic carbocycles. The van der Waals surface area contributed by atoms with Crippen LogP contribution >= 0.6 is 0 Å². The highest BCUT2D eigenvalue weighted by atomic mass is 16.7. The van der Waals surface area contributed by atoms with Gasteiger partial charge in [-0.2, -0.15) is 0 Å². The second-order valence-electron chi connectivity index (χ2n) is 10.2. The van der Waals surface area contributed by atoms with Crippen molar-refractivity contribution in [1.82, 2.24) is 9.80 Å². The molecule has 1 saturated heterocycles. The van der Waals surface area contributed by atoms with Crippen molar-refractivity contribution in [2.45, 2.75) is 103 Å². The van der Waals surface area contributed by atoms with E-state index in [4.69, 9.17) is 18.9 Å². The Bertz CT molecular complexity index is 593. The summed E-state index contributed by atoms with van der Waals surface area (Å²) in [5.74, 6) is -0.472. The lowest BCUT2D eigenvalue weighted by Crippen LogP contribution is -2.65. The first-order valence-corrected chi connectivity index (χ1v) is 14.0. The molecule has 1 rings (SSSR count). The minimum absolute atomic E-state index is 0.280. The van der Waals surface area contributed by atoms with Crippen molar-refractivity contribution in [2.75, 3.05) is 60.1 Å². The Kier molecular flexibility index (Phi) is 15.2. The first kappa shape index (κ1) is 33.4. The zero-order valence-electron chi connectivity index (χ0n) is 24.4. The lowest BCUT2D eigenvalue weighted by molar-refractivity contribution is -0.336. The largest absolute Gasteiger partial charge is 0.389 e. The Morgan fingerprint density at radius 1 is 0.944 bits per heavy atom. The Labute approximate surface area is 220 Å². The Morgan fingerprint density at radius 2 is 1.56 bits per heavy atom. The van der Waals surface area contributed by atoms with Crippen LogP contribution in [0, 0.1) is 5.92 Å². The van der Waals surface area contributed by atoms with E-state index >= 15 is 0 Å². The molecule has 8 heteroatoms. The van der Waals surface area contributed by atoms with Gasteiger partial charge in [0.2, 0.25) is 0 Å². The van der Waals surface area contributed by atoms with Gasteiger partial charge in [-0.15, -0.1) is 6.58 Å². The molecule has 1 heterocycles. The van der Waals surface area contributed by atoms with Crippen LogP contribution in [0.3, 0.4) is 0 Å². The zero-order valence-corrected chi connectivity index (χ0v) is 24.4. The molecule has 0 aromatic heterocycles. The minimum atomic E-state index is -1.08. The third-order valence-electron chi connectivity index (χ3n) is 8.02. The van der Waals surface area contributed by atoms with Crippen molar-refractivity contribution >= 4 is 0 Å². The molecule has 0 saturated carbocycles. The topological polar surface area (TPSA) is 83.9 Å². The SMILES string of the molecule is C=CC(CC)(CC)OC1OC(COCCN(C)C)C(C(O)(CC)CC)C(OCCN(CC)CC)C1O. The van der Waals surface area contributed by atoms with Gasteiger partial charge in [0.05, 0.1) is 43.2 Å². The van der Waals surface area contributed by atoms with Gasteiger partial charge in [0.25, 0.3) is 0 Å². The van der Waals surface area contributed by atoms with E-state index in [1.807, 2.05) is 41.8 Å². The molecule has 8 nitrogen and oxygen atoms in total. The van der Waals surface area contributed by atoms with Gasteiger partial charge < -0.3 is 39.0 Å². The second kappa shape index (κ2) is 16.4. The fraction of sp³-hybridized carbons (Fsp3) is 0.929. The van der Waals surface area contributed by atoms with Gasteiger partial charge in [0.15, 0.2) is 6.29 Å². The van der Waals surface area contributed by atoms with E-state index in [1.54, 1.807) is 6.08 Å². The number of likely N-dealkylation sites (N-methyl/N-ethyl adjacent to an activating group) is 2. The van der Waals surface area contributed by atoms with Crippen molar-refractivity contribution in [3.8, 4) is 0 Å². The van der Waals surface area contributed by atoms with Crippen molar-refractivity contribution < 1.29 is 29.2 Å². The molecule has 5 unspecified atom stereocenters. The molecule has 1 fully saturated rings. The Hall–Kier alpha value is -0.580. The standard InChI is InChI=1S/C28H56N2O6/c1-10-27(11-2,12-3)36-26-24(31)25(34-20-18-30(15-6)16-7)23(28(32,13-4)14-5)22(35-26)21-33-19-17-29(8)9/h10,22-26,31-32H,1,11-21H2,2-9H3.